The molecule has 0 aliphatic carbocycles. The summed E-state index contributed by atoms with van der Waals surface area (Å²) in [4.78, 5) is 14.3. The van der Waals surface area contributed by atoms with E-state index in [0.29, 0.717) is 18.4 Å². The summed E-state index contributed by atoms with van der Waals surface area (Å²) in [5, 5.41) is 0. The second-order valence-corrected chi connectivity index (χ2v) is 6.61. The van der Waals surface area contributed by atoms with Gasteiger partial charge in [-0.2, -0.15) is 0 Å². The number of benzene rings is 1. The predicted molar refractivity (Wildman–Crippen MR) is 89.1 cm³/mol. The van der Waals surface area contributed by atoms with E-state index in [1.54, 1.807) is 0 Å². The minimum Gasteiger partial charge on any atom is -0.481 e. The Labute approximate surface area is 133 Å². The average molecular weight is 304 g/mol. The molecule has 1 aliphatic heterocycles. The van der Waals surface area contributed by atoms with Gasteiger partial charge in [-0.3, -0.25) is 4.79 Å². The summed E-state index contributed by atoms with van der Waals surface area (Å²) in [5.74, 6) is 1.74. The number of ether oxygens (including phenoxy) is 1. The van der Waals surface area contributed by atoms with E-state index in [9.17, 15) is 4.79 Å². The Morgan fingerprint density at radius 2 is 2.14 bits per heavy atom. The van der Waals surface area contributed by atoms with E-state index in [-0.39, 0.29) is 5.91 Å². The molecule has 0 radical (unpaired) electrons. The largest absolute Gasteiger partial charge is 0.481 e. The van der Waals surface area contributed by atoms with Gasteiger partial charge in [-0.25, -0.2) is 0 Å². The van der Waals surface area contributed by atoms with Crippen molar-refractivity contribution in [3.05, 3.63) is 29.3 Å². The molecule has 2 unspecified atom stereocenters. The van der Waals surface area contributed by atoms with Crippen molar-refractivity contribution in [2.75, 3.05) is 19.6 Å². The van der Waals surface area contributed by atoms with Crippen LogP contribution in [0.15, 0.2) is 18.2 Å². The van der Waals surface area contributed by atoms with Crippen LogP contribution in [0, 0.1) is 12.8 Å². The molecule has 4 nitrogen and oxygen atoms in total. The van der Waals surface area contributed by atoms with Crippen LogP contribution in [0.1, 0.15) is 44.2 Å². The summed E-state index contributed by atoms with van der Waals surface area (Å²) in [6, 6.07) is 6.07. The van der Waals surface area contributed by atoms with Gasteiger partial charge in [0.25, 0.3) is 5.91 Å². The van der Waals surface area contributed by atoms with Crippen molar-refractivity contribution >= 4 is 5.91 Å². The fraction of sp³-hybridized carbons (Fsp3) is 0.611. The van der Waals surface area contributed by atoms with Crippen molar-refractivity contribution in [2.45, 2.75) is 46.1 Å². The van der Waals surface area contributed by atoms with Crippen molar-refractivity contribution in [3.8, 4) is 5.75 Å². The van der Waals surface area contributed by atoms with Crippen molar-refractivity contribution < 1.29 is 9.53 Å². The number of amides is 1. The minimum absolute atomic E-state index is 0.0570. The quantitative estimate of drug-likeness (QED) is 0.910. The van der Waals surface area contributed by atoms with E-state index < -0.39 is 6.10 Å². The molecule has 2 N–H and O–H groups in total. The molecule has 1 aromatic rings. The van der Waals surface area contributed by atoms with E-state index in [1.165, 1.54) is 11.1 Å². The maximum absolute atomic E-state index is 12.4. The number of rotatable bonds is 5. The summed E-state index contributed by atoms with van der Waals surface area (Å²) >= 11 is 0. The SMILES string of the molecule is Cc1cc(OC(C)C(=O)N2CCC(CN)C2)ccc1C(C)C. The third-order valence-electron chi connectivity index (χ3n) is 4.45. The lowest BCUT2D eigenvalue weighted by atomic mass is 9.98. The molecule has 1 fully saturated rings. The molecule has 0 aromatic heterocycles. The van der Waals surface area contributed by atoms with Crippen LogP contribution in [0.5, 0.6) is 5.75 Å². The van der Waals surface area contributed by atoms with E-state index in [0.717, 1.165) is 25.3 Å². The molecule has 2 rings (SSSR count). The molecule has 1 amide bonds. The van der Waals surface area contributed by atoms with Gasteiger partial charge < -0.3 is 15.4 Å². The van der Waals surface area contributed by atoms with Crippen LogP contribution in [-0.4, -0.2) is 36.5 Å². The smallest absolute Gasteiger partial charge is 0.263 e. The standard InChI is InChI=1S/C18H28N2O2/c1-12(2)17-6-5-16(9-13(17)3)22-14(4)18(21)20-8-7-15(10-19)11-20/h5-6,9,12,14-15H,7-8,10-11,19H2,1-4H3. The molecule has 1 aromatic carbocycles. The average Bonchev–Trinajstić information content (AvgIpc) is 2.95. The third-order valence-corrected chi connectivity index (χ3v) is 4.45. The van der Waals surface area contributed by atoms with E-state index in [2.05, 4.69) is 26.8 Å². The van der Waals surface area contributed by atoms with Crippen LogP contribution in [0.3, 0.4) is 0 Å². The van der Waals surface area contributed by atoms with Gasteiger partial charge in [0.05, 0.1) is 0 Å². The van der Waals surface area contributed by atoms with Crippen LogP contribution in [-0.2, 0) is 4.79 Å². The highest BCUT2D eigenvalue weighted by atomic mass is 16.5. The Balaban J connectivity index is 1.98. The van der Waals surface area contributed by atoms with Gasteiger partial charge in [0, 0.05) is 13.1 Å². The Hall–Kier alpha value is -1.55. The summed E-state index contributed by atoms with van der Waals surface area (Å²) in [5.41, 5.74) is 8.20. The highest BCUT2D eigenvalue weighted by Crippen LogP contribution is 2.24. The molecule has 4 heteroatoms. The third kappa shape index (κ3) is 3.80. The van der Waals surface area contributed by atoms with Crippen molar-refractivity contribution in [3.63, 3.8) is 0 Å². The molecular formula is C18H28N2O2. The van der Waals surface area contributed by atoms with Gasteiger partial charge in [0.1, 0.15) is 5.75 Å². The molecule has 0 spiro atoms. The van der Waals surface area contributed by atoms with Crippen LogP contribution in [0.25, 0.3) is 0 Å². The fourth-order valence-corrected chi connectivity index (χ4v) is 3.11. The first-order valence-corrected chi connectivity index (χ1v) is 8.18. The van der Waals surface area contributed by atoms with E-state index >= 15 is 0 Å². The first-order valence-electron chi connectivity index (χ1n) is 8.18. The predicted octanol–water partition coefficient (Wildman–Crippen LogP) is 2.69. The first-order chi connectivity index (χ1) is 10.4. The second kappa shape index (κ2) is 7.14. The molecule has 122 valence electrons. The Morgan fingerprint density at radius 3 is 2.68 bits per heavy atom. The monoisotopic (exact) mass is 304 g/mol. The molecule has 0 bridgehead atoms. The topological polar surface area (TPSA) is 55.6 Å². The Morgan fingerprint density at radius 1 is 1.41 bits per heavy atom. The van der Waals surface area contributed by atoms with Crippen LogP contribution >= 0.6 is 0 Å². The number of aryl methyl sites for hydroxylation is 1. The Bertz CT molecular complexity index is 528. The normalized spacial score (nSPS) is 19.5. The van der Waals surface area contributed by atoms with Crippen LogP contribution < -0.4 is 10.5 Å². The molecule has 1 heterocycles. The molecular weight excluding hydrogens is 276 g/mol. The second-order valence-electron chi connectivity index (χ2n) is 6.61. The fourth-order valence-electron chi connectivity index (χ4n) is 3.11. The molecule has 2 atom stereocenters. The molecule has 0 saturated carbocycles. The van der Waals surface area contributed by atoms with Gasteiger partial charge in [-0.05, 0) is 61.9 Å². The molecule has 22 heavy (non-hydrogen) atoms. The zero-order valence-corrected chi connectivity index (χ0v) is 14.1. The van der Waals surface area contributed by atoms with Crippen molar-refractivity contribution in [2.24, 2.45) is 11.7 Å². The van der Waals surface area contributed by atoms with Crippen LogP contribution in [0.2, 0.25) is 0 Å². The van der Waals surface area contributed by atoms with Gasteiger partial charge in [-0.15, -0.1) is 0 Å². The minimum atomic E-state index is -0.458. The van der Waals surface area contributed by atoms with Crippen molar-refractivity contribution in [1.29, 1.82) is 0 Å². The van der Waals surface area contributed by atoms with Gasteiger partial charge in [-0.1, -0.05) is 19.9 Å². The van der Waals surface area contributed by atoms with E-state index in [1.807, 2.05) is 24.0 Å². The maximum atomic E-state index is 12.4. The number of carbonyl (C=O) groups excluding carboxylic acids is 1. The lowest BCUT2D eigenvalue weighted by Crippen LogP contribution is -2.39. The van der Waals surface area contributed by atoms with Crippen molar-refractivity contribution in [1.82, 2.24) is 4.90 Å². The van der Waals surface area contributed by atoms with E-state index in [4.69, 9.17) is 10.5 Å². The summed E-state index contributed by atoms with van der Waals surface area (Å²) in [7, 11) is 0. The number of nitrogens with zero attached hydrogens (tertiary/aromatic N) is 1. The zero-order chi connectivity index (χ0) is 16.3. The number of likely N-dealkylation sites (tertiary alicyclic amines) is 1. The summed E-state index contributed by atoms with van der Waals surface area (Å²) < 4.78 is 5.85. The molecule has 1 aliphatic rings. The maximum Gasteiger partial charge on any atom is 0.263 e. The number of nitrogens with two attached hydrogens (primary N) is 1. The lowest BCUT2D eigenvalue weighted by molar-refractivity contribution is -0.136. The Kier molecular flexibility index (Phi) is 5.46. The lowest BCUT2D eigenvalue weighted by Gasteiger charge is -2.22. The van der Waals surface area contributed by atoms with Crippen LogP contribution in [0.4, 0.5) is 0 Å². The highest BCUT2D eigenvalue weighted by Gasteiger charge is 2.29. The number of hydrogen-bond donors (Lipinski definition) is 1. The highest BCUT2D eigenvalue weighted by molar-refractivity contribution is 5.81. The van der Waals surface area contributed by atoms with Gasteiger partial charge in [0.15, 0.2) is 6.10 Å². The summed E-state index contributed by atoms with van der Waals surface area (Å²) in [6.45, 7) is 10.5. The molecule has 1 saturated heterocycles. The number of hydrogen-bond acceptors (Lipinski definition) is 3. The number of carbonyl (C=O) groups is 1. The van der Waals surface area contributed by atoms with Gasteiger partial charge in [0.2, 0.25) is 0 Å². The zero-order valence-electron chi connectivity index (χ0n) is 14.1. The first kappa shape index (κ1) is 16.8. The van der Waals surface area contributed by atoms with Gasteiger partial charge >= 0.3 is 0 Å². The summed E-state index contributed by atoms with van der Waals surface area (Å²) in [6.07, 6.45) is 0.540.